The van der Waals surface area contributed by atoms with Gasteiger partial charge in [0.05, 0.1) is 11.2 Å². The Morgan fingerprint density at radius 2 is 0.970 bits per heavy atom. The van der Waals surface area contributed by atoms with E-state index in [4.69, 9.17) is 0 Å². The lowest BCUT2D eigenvalue weighted by Gasteiger charge is -2.53. The average Bonchev–Trinajstić information content (AvgIpc) is 3.58. The SMILES string of the molecule is CC(C)(C)c1ccc(N2c3ccccc3B3c4ccccc4N(c4ccccc4)c4cc(N5c6ccc(C(C)(C)C)cc6C6(c7ccccc7)CCCCC56C)cc2c43)c(-c2ccccc2)c1. The highest BCUT2D eigenvalue weighted by atomic mass is 15.3. The molecule has 0 spiro atoms. The molecule has 0 N–H and O–H groups in total. The van der Waals surface area contributed by atoms with Gasteiger partial charge in [-0.05, 0) is 129 Å². The summed E-state index contributed by atoms with van der Waals surface area (Å²) < 4.78 is 0. The second-order valence-corrected chi connectivity index (χ2v) is 21.9. The van der Waals surface area contributed by atoms with Gasteiger partial charge < -0.3 is 14.7 Å². The van der Waals surface area contributed by atoms with Gasteiger partial charge in [-0.2, -0.15) is 0 Å². The number of hydrogen-bond donors (Lipinski definition) is 0. The van der Waals surface area contributed by atoms with Crippen LogP contribution in [0, 0.1) is 0 Å². The topological polar surface area (TPSA) is 9.72 Å². The number of hydrogen-bond acceptors (Lipinski definition) is 3. The zero-order valence-corrected chi connectivity index (χ0v) is 40.1. The van der Waals surface area contributed by atoms with E-state index in [2.05, 4.69) is 251 Å². The molecular weight excluding hydrogens is 810 g/mol. The molecule has 8 aromatic carbocycles. The van der Waals surface area contributed by atoms with Crippen LogP contribution in [0.5, 0.6) is 0 Å². The Kier molecular flexibility index (Phi) is 9.40. The molecule has 12 rings (SSSR count). The Balaban J connectivity index is 1.21. The van der Waals surface area contributed by atoms with Crippen molar-refractivity contribution in [3.63, 3.8) is 0 Å². The summed E-state index contributed by atoms with van der Waals surface area (Å²) in [6, 6.07) is 72.0. The van der Waals surface area contributed by atoms with Crippen LogP contribution in [0.3, 0.4) is 0 Å². The summed E-state index contributed by atoms with van der Waals surface area (Å²) in [5.74, 6) is 0. The summed E-state index contributed by atoms with van der Waals surface area (Å²) in [5.41, 5.74) is 21.4. The number of para-hydroxylation sites is 3. The Morgan fingerprint density at radius 3 is 1.61 bits per heavy atom. The Hall–Kier alpha value is -6.78. The van der Waals surface area contributed by atoms with Gasteiger partial charge >= 0.3 is 0 Å². The van der Waals surface area contributed by atoms with Crippen LogP contribution < -0.4 is 31.1 Å². The molecule has 1 saturated carbocycles. The number of anilines is 8. The second kappa shape index (κ2) is 15.1. The van der Waals surface area contributed by atoms with Crippen LogP contribution in [-0.2, 0) is 16.2 Å². The highest BCUT2D eigenvalue weighted by Gasteiger charge is 2.61. The second-order valence-electron chi connectivity index (χ2n) is 21.9. The molecule has 8 aromatic rings. The fourth-order valence-electron chi connectivity index (χ4n) is 12.8. The van der Waals surface area contributed by atoms with Crippen LogP contribution in [0.25, 0.3) is 11.1 Å². The first-order valence-corrected chi connectivity index (χ1v) is 24.6. The minimum absolute atomic E-state index is 0.00681. The molecule has 67 heavy (non-hydrogen) atoms. The van der Waals surface area contributed by atoms with Gasteiger partial charge in [-0.3, -0.25) is 0 Å². The van der Waals surface area contributed by atoms with Gasteiger partial charge in [0.2, 0.25) is 0 Å². The van der Waals surface area contributed by atoms with Gasteiger partial charge in [0, 0.05) is 50.8 Å². The maximum Gasteiger partial charge on any atom is 0.252 e. The van der Waals surface area contributed by atoms with E-state index >= 15 is 0 Å². The third-order valence-corrected chi connectivity index (χ3v) is 16.0. The molecule has 3 aliphatic heterocycles. The van der Waals surface area contributed by atoms with E-state index in [0.717, 1.165) is 18.5 Å². The van der Waals surface area contributed by atoms with E-state index < -0.39 is 0 Å². The third kappa shape index (κ3) is 6.17. The molecule has 330 valence electrons. The zero-order chi connectivity index (χ0) is 45.9. The quantitative estimate of drug-likeness (QED) is 0.160. The van der Waals surface area contributed by atoms with Gasteiger partial charge in [-0.15, -0.1) is 0 Å². The van der Waals surface area contributed by atoms with Crippen LogP contribution in [0.15, 0.2) is 188 Å². The van der Waals surface area contributed by atoms with Crippen molar-refractivity contribution in [1.29, 1.82) is 0 Å². The molecule has 1 fully saturated rings. The minimum atomic E-state index is -0.253. The normalized spacial score (nSPS) is 19.3. The standard InChI is InChI=1S/C63H60BN3/c1-60(2,3)45-33-35-53(49(39-45)43-23-11-8-12-24-43)66-56-32-20-18-30-52(56)64-51-29-17-19-31-55(51)65(47-27-15-10-16-28-47)57-41-48(42-58(66)59(57)64)67-54-36-34-46(61(4,5)6)40-50(54)63(44-25-13-9-14-26-44)38-22-21-37-62(63,67)7/h8-20,23-36,39-42H,21-22,37-38H2,1-7H3. The molecule has 4 aliphatic rings. The maximum absolute atomic E-state index is 2.82. The van der Waals surface area contributed by atoms with Crippen molar-refractivity contribution >= 4 is 68.6 Å². The summed E-state index contributed by atoms with van der Waals surface area (Å²) in [5, 5.41) is 0. The minimum Gasteiger partial charge on any atom is -0.334 e. The van der Waals surface area contributed by atoms with E-state index in [1.807, 2.05) is 0 Å². The maximum atomic E-state index is 2.82. The van der Waals surface area contributed by atoms with Crippen molar-refractivity contribution in [2.45, 2.75) is 95.9 Å². The first-order valence-electron chi connectivity index (χ1n) is 24.6. The Morgan fingerprint density at radius 1 is 0.448 bits per heavy atom. The van der Waals surface area contributed by atoms with Gasteiger partial charge in [-0.1, -0.05) is 188 Å². The summed E-state index contributed by atoms with van der Waals surface area (Å²) in [4.78, 5) is 8.01. The largest absolute Gasteiger partial charge is 0.334 e. The molecule has 4 heteroatoms. The summed E-state index contributed by atoms with van der Waals surface area (Å²) in [6.07, 6.45) is 4.57. The lowest BCUT2D eigenvalue weighted by molar-refractivity contribution is 0.215. The summed E-state index contributed by atoms with van der Waals surface area (Å²) in [7, 11) is 0. The van der Waals surface area contributed by atoms with Gasteiger partial charge in [0.15, 0.2) is 0 Å². The van der Waals surface area contributed by atoms with Crippen molar-refractivity contribution < 1.29 is 0 Å². The molecule has 2 atom stereocenters. The highest BCUT2D eigenvalue weighted by molar-refractivity contribution is 7.00. The third-order valence-electron chi connectivity index (χ3n) is 16.0. The Labute approximate surface area is 398 Å². The average molecular weight is 870 g/mol. The lowest BCUT2D eigenvalue weighted by atomic mass is 9.33. The van der Waals surface area contributed by atoms with E-state index in [1.54, 1.807) is 0 Å². The highest BCUT2D eigenvalue weighted by Crippen LogP contribution is 2.65. The van der Waals surface area contributed by atoms with Gasteiger partial charge in [0.25, 0.3) is 6.71 Å². The van der Waals surface area contributed by atoms with E-state index in [0.29, 0.717) is 0 Å². The van der Waals surface area contributed by atoms with Crippen LogP contribution in [0.1, 0.15) is 96.4 Å². The van der Waals surface area contributed by atoms with Crippen molar-refractivity contribution in [3.05, 3.63) is 210 Å². The number of rotatable bonds is 5. The van der Waals surface area contributed by atoms with Crippen LogP contribution in [-0.4, -0.2) is 12.3 Å². The first-order chi connectivity index (χ1) is 32.4. The fraction of sp³-hybridized carbons (Fsp3) is 0.238. The molecule has 0 amide bonds. The molecule has 0 saturated heterocycles. The van der Waals surface area contributed by atoms with Crippen molar-refractivity contribution in [2.24, 2.45) is 0 Å². The summed E-state index contributed by atoms with van der Waals surface area (Å²) in [6.45, 7) is 16.7. The monoisotopic (exact) mass is 869 g/mol. The molecule has 0 bridgehead atoms. The first kappa shape index (κ1) is 41.6. The molecule has 2 unspecified atom stereocenters. The van der Waals surface area contributed by atoms with Crippen molar-refractivity contribution in [3.8, 4) is 11.1 Å². The molecule has 1 aliphatic carbocycles. The number of nitrogens with zero attached hydrogens (tertiary/aromatic N) is 3. The van der Waals surface area contributed by atoms with E-state index in [9.17, 15) is 0 Å². The van der Waals surface area contributed by atoms with E-state index in [-0.39, 0.29) is 28.5 Å². The van der Waals surface area contributed by atoms with Crippen LogP contribution >= 0.6 is 0 Å². The molecule has 0 radical (unpaired) electrons. The molecule has 3 heterocycles. The zero-order valence-electron chi connectivity index (χ0n) is 40.1. The fourth-order valence-corrected chi connectivity index (χ4v) is 12.8. The molecule has 3 nitrogen and oxygen atoms in total. The predicted molar refractivity (Wildman–Crippen MR) is 286 cm³/mol. The van der Waals surface area contributed by atoms with Crippen LogP contribution in [0.4, 0.5) is 45.5 Å². The van der Waals surface area contributed by atoms with Gasteiger partial charge in [0.1, 0.15) is 0 Å². The number of fused-ring (bicyclic) bond motifs is 7. The van der Waals surface area contributed by atoms with Crippen molar-refractivity contribution in [1.82, 2.24) is 0 Å². The lowest BCUT2D eigenvalue weighted by Crippen LogP contribution is -2.61. The molecule has 0 aromatic heterocycles. The molecular formula is C63H60BN3. The smallest absolute Gasteiger partial charge is 0.252 e. The Bertz CT molecular complexity index is 3200. The van der Waals surface area contributed by atoms with E-state index in [1.165, 1.54) is 102 Å². The van der Waals surface area contributed by atoms with Crippen LogP contribution in [0.2, 0.25) is 0 Å². The number of benzene rings is 8. The van der Waals surface area contributed by atoms with Crippen molar-refractivity contribution in [2.75, 3.05) is 14.7 Å². The summed E-state index contributed by atoms with van der Waals surface area (Å²) >= 11 is 0. The van der Waals surface area contributed by atoms with Gasteiger partial charge in [-0.25, -0.2) is 0 Å². The predicted octanol–water partition coefficient (Wildman–Crippen LogP) is 14.8.